The molecule has 162 valence electrons. The van der Waals surface area contributed by atoms with Crippen LogP contribution in [0.3, 0.4) is 0 Å². The Labute approximate surface area is 195 Å². The molecule has 0 saturated heterocycles. The number of hydrogen-bond donors (Lipinski definition) is 0. The number of ether oxygens (including phenoxy) is 3. The van der Waals surface area contributed by atoms with Crippen LogP contribution in [0.15, 0.2) is 78.0 Å². The molecule has 0 fully saturated rings. The summed E-state index contributed by atoms with van der Waals surface area (Å²) in [4.78, 5) is 0. The normalized spacial score (nSPS) is 12.2. The smallest absolute Gasteiger partial charge is 0.231 e. The molecule has 0 unspecified atom stereocenters. The minimum Gasteiger partial charge on any atom is -0.491 e. The number of hydrogen-bond acceptors (Lipinski definition) is 6. The van der Waals surface area contributed by atoms with Gasteiger partial charge in [0, 0.05) is 11.3 Å². The minimum absolute atomic E-state index is 0.257. The van der Waals surface area contributed by atoms with Crippen molar-refractivity contribution in [2.75, 3.05) is 19.2 Å². The van der Waals surface area contributed by atoms with Crippen LogP contribution >= 0.6 is 23.4 Å². The van der Waals surface area contributed by atoms with Gasteiger partial charge in [-0.25, -0.2) is 0 Å². The van der Waals surface area contributed by atoms with Gasteiger partial charge in [0.05, 0.1) is 18.2 Å². The maximum absolute atomic E-state index is 6.17. The van der Waals surface area contributed by atoms with Gasteiger partial charge < -0.3 is 14.2 Å². The van der Waals surface area contributed by atoms with Crippen molar-refractivity contribution in [2.24, 2.45) is 0 Å². The highest BCUT2D eigenvalue weighted by Gasteiger charge is 2.18. The quantitative estimate of drug-likeness (QED) is 0.251. The average Bonchev–Trinajstić information content (AvgIpc) is 3.45. The SMILES string of the molecule is Clc1ccccc1OCCSc1nnc(-c2ccccc2)n1Cc1ccc2c(c1)OCO2. The van der Waals surface area contributed by atoms with E-state index in [4.69, 9.17) is 25.8 Å². The monoisotopic (exact) mass is 465 g/mol. The summed E-state index contributed by atoms with van der Waals surface area (Å²) in [6.45, 7) is 1.38. The van der Waals surface area contributed by atoms with Crippen LogP contribution in [-0.4, -0.2) is 33.9 Å². The number of halogens is 1. The van der Waals surface area contributed by atoms with Crippen molar-refractivity contribution in [3.05, 3.63) is 83.4 Å². The topological polar surface area (TPSA) is 58.4 Å². The van der Waals surface area contributed by atoms with Crippen LogP contribution < -0.4 is 14.2 Å². The van der Waals surface area contributed by atoms with Gasteiger partial charge in [-0.15, -0.1) is 10.2 Å². The summed E-state index contributed by atoms with van der Waals surface area (Å²) in [5.41, 5.74) is 2.10. The van der Waals surface area contributed by atoms with Gasteiger partial charge in [-0.2, -0.15) is 0 Å². The Morgan fingerprint density at radius 1 is 0.938 bits per heavy atom. The first-order valence-corrected chi connectivity index (χ1v) is 11.5. The molecule has 0 atom stereocenters. The number of fused-ring (bicyclic) bond motifs is 1. The number of benzene rings is 3. The van der Waals surface area contributed by atoms with Crippen LogP contribution in [0.1, 0.15) is 5.56 Å². The van der Waals surface area contributed by atoms with Crippen molar-refractivity contribution in [2.45, 2.75) is 11.7 Å². The first kappa shape index (κ1) is 20.7. The molecule has 0 saturated carbocycles. The molecule has 32 heavy (non-hydrogen) atoms. The molecule has 0 N–H and O–H groups in total. The van der Waals surface area contributed by atoms with E-state index in [-0.39, 0.29) is 6.79 Å². The lowest BCUT2D eigenvalue weighted by Crippen LogP contribution is -2.06. The largest absolute Gasteiger partial charge is 0.491 e. The molecule has 8 heteroatoms. The lowest BCUT2D eigenvalue weighted by atomic mass is 10.2. The van der Waals surface area contributed by atoms with Gasteiger partial charge in [-0.05, 0) is 29.8 Å². The third-order valence-corrected chi connectivity index (χ3v) is 6.18. The van der Waals surface area contributed by atoms with Crippen LogP contribution in [0.5, 0.6) is 17.2 Å². The van der Waals surface area contributed by atoms with Crippen LogP contribution in [0.2, 0.25) is 5.02 Å². The second kappa shape index (κ2) is 9.54. The van der Waals surface area contributed by atoms with E-state index < -0.39 is 0 Å². The number of aromatic nitrogens is 3. The van der Waals surface area contributed by atoms with Gasteiger partial charge in [-0.1, -0.05) is 71.9 Å². The molecule has 1 aromatic heterocycles. The van der Waals surface area contributed by atoms with Crippen LogP contribution in [-0.2, 0) is 6.54 Å². The van der Waals surface area contributed by atoms with E-state index in [0.717, 1.165) is 33.6 Å². The summed E-state index contributed by atoms with van der Waals surface area (Å²) in [5, 5.41) is 10.4. The predicted molar refractivity (Wildman–Crippen MR) is 125 cm³/mol. The molecule has 5 rings (SSSR count). The molecule has 2 heterocycles. The summed E-state index contributed by atoms with van der Waals surface area (Å²) < 4.78 is 18.9. The zero-order chi connectivity index (χ0) is 21.8. The molecule has 0 bridgehead atoms. The minimum atomic E-state index is 0.257. The van der Waals surface area contributed by atoms with Crippen molar-refractivity contribution in [1.82, 2.24) is 14.8 Å². The summed E-state index contributed by atoms with van der Waals surface area (Å²) in [6.07, 6.45) is 0. The van der Waals surface area contributed by atoms with E-state index in [9.17, 15) is 0 Å². The van der Waals surface area contributed by atoms with Gasteiger partial charge >= 0.3 is 0 Å². The van der Waals surface area contributed by atoms with E-state index >= 15 is 0 Å². The van der Waals surface area contributed by atoms with Crippen LogP contribution in [0.25, 0.3) is 11.4 Å². The summed E-state index contributed by atoms with van der Waals surface area (Å²) >= 11 is 7.77. The van der Waals surface area contributed by atoms with E-state index in [1.165, 1.54) is 0 Å². The first-order valence-electron chi connectivity index (χ1n) is 10.2. The van der Waals surface area contributed by atoms with Crippen molar-refractivity contribution < 1.29 is 14.2 Å². The third-order valence-electron chi connectivity index (χ3n) is 4.94. The van der Waals surface area contributed by atoms with Gasteiger partial charge in [0.15, 0.2) is 22.5 Å². The van der Waals surface area contributed by atoms with Gasteiger partial charge in [0.1, 0.15) is 5.75 Å². The standard InChI is InChI=1S/C24H20ClN3O3S/c25-19-8-4-5-9-20(19)29-12-13-32-24-27-26-23(18-6-2-1-3-7-18)28(24)15-17-10-11-21-22(14-17)31-16-30-21/h1-11,14H,12-13,15-16H2. The molecule has 0 spiro atoms. The molecule has 4 aromatic rings. The molecule has 1 aliphatic rings. The highest BCUT2D eigenvalue weighted by Crippen LogP contribution is 2.34. The lowest BCUT2D eigenvalue weighted by molar-refractivity contribution is 0.174. The zero-order valence-corrected chi connectivity index (χ0v) is 18.7. The molecule has 0 amide bonds. The number of para-hydroxylation sites is 1. The molecule has 3 aromatic carbocycles. The molecule has 0 aliphatic carbocycles. The fourth-order valence-corrected chi connectivity index (χ4v) is 4.35. The average molecular weight is 466 g/mol. The molecule has 6 nitrogen and oxygen atoms in total. The fraction of sp³-hybridized carbons (Fsp3) is 0.167. The van der Waals surface area contributed by atoms with E-state index in [2.05, 4.69) is 14.8 Å². The fourth-order valence-electron chi connectivity index (χ4n) is 3.41. The Hall–Kier alpha value is -3.16. The highest BCUT2D eigenvalue weighted by molar-refractivity contribution is 7.99. The third kappa shape index (κ3) is 4.54. The predicted octanol–water partition coefficient (Wildman–Crippen LogP) is 5.55. The van der Waals surface area contributed by atoms with Crippen molar-refractivity contribution in [1.29, 1.82) is 0 Å². The lowest BCUT2D eigenvalue weighted by Gasteiger charge is -2.12. The number of rotatable bonds is 8. The molecular weight excluding hydrogens is 446 g/mol. The second-order valence-corrected chi connectivity index (χ2v) is 8.54. The Morgan fingerprint density at radius 2 is 1.75 bits per heavy atom. The highest BCUT2D eigenvalue weighted by atomic mass is 35.5. The van der Waals surface area contributed by atoms with E-state index in [1.807, 2.05) is 72.8 Å². The Bertz CT molecular complexity index is 1220. The van der Waals surface area contributed by atoms with Crippen molar-refractivity contribution in [3.8, 4) is 28.6 Å². The summed E-state index contributed by atoms with van der Waals surface area (Å²) in [6, 6.07) is 23.5. The van der Waals surface area contributed by atoms with Gasteiger partial charge in [-0.3, -0.25) is 4.57 Å². The number of nitrogens with zero attached hydrogens (tertiary/aromatic N) is 3. The summed E-state index contributed by atoms with van der Waals surface area (Å²) in [5.74, 6) is 3.74. The zero-order valence-electron chi connectivity index (χ0n) is 17.1. The summed E-state index contributed by atoms with van der Waals surface area (Å²) in [7, 11) is 0. The Balaban J connectivity index is 1.35. The van der Waals surface area contributed by atoms with E-state index in [1.54, 1.807) is 11.8 Å². The Kier molecular flexibility index (Phi) is 6.18. The molecule has 1 aliphatic heterocycles. The van der Waals surface area contributed by atoms with Crippen LogP contribution in [0.4, 0.5) is 0 Å². The van der Waals surface area contributed by atoms with E-state index in [0.29, 0.717) is 29.7 Å². The van der Waals surface area contributed by atoms with Crippen molar-refractivity contribution >= 4 is 23.4 Å². The van der Waals surface area contributed by atoms with Gasteiger partial charge in [0.2, 0.25) is 6.79 Å². The number of thioether (sulfide) groups is 1. The van der Waals surface area contributed by atoms with Gasteiger partial charge in [0.25, 0.3) is 0 Å². The van der Waals surface area contributed by atoms with Crippen molar-refractivity contribution in [3.63, 3.8) is 0 Å². The van der Waals surface area contributed by atoms with Crippen LogP contribution in [0, 0.1) is 0 Å². The Morgan fingerprint density at radius 3 is 2.62 bits per heavy atom. The maximum atomic E-state index is 6.17. The maximum Gasteiger partial charge on any atom is 0.231 e. The second-order valence-electron chi connectivity index (χ2n) is 7.07. The first-order chi connectivity index (χ1) is 15.8. The molecule has 0 radical (unpaired) electrons. The molecular formula is C24H20ClN3O3S.